The molecule has 1 aliphatic rings. The Kier molecular flexibility index (Phi) is 7.14. The first-order chi connectivity index (χ1) is 15.5. The van der Waals surface area contributed by atoms with E-state index in [9.17, 15) is 9.59 Å². The average molecular weight is 480 g/mol. The standard InChI is InChI=1S/C24H21N3O2S3/c1-16-26-20(15-31-16)19-9-7-18(8-10-19)14-25-22(28)11-12-27-23(29)21(32-24(27)30)13-17-5-3-2-4-6-17/h2-10,13,15H,11-12,14H2,1H3,(H,25,28)/b21-13-. The number of hydrogen-bond acceptors (Lipinski definition) is 6. The number of thioether (sulfide) groups is 1. The van der Waals surface area contributed by atoms with Crippen molar-refractivity contribution in [2.45, 2.75) is 19.9 Å². The highest BCUT2D eigenvalue weighted by molar-refractivity contribution is 8.26. The van der Waals surface area contributed by atoms with Crippen molar-refractivity contribution >= 4 is 57.5 Å². The second-order valence-corrected chi connectivity index (χ2v) is 9.96. The monoisotopic (exact) mass is 479 g/mol. The molecule has 1 aliphatic heterocycles. The number of thiazole rings is 1. The van der Waals surface area contributed by atoms with Crippen LogP contribution in [0.5, 0.6) is 0 Å². The maximum absolute atomic E-state index is 12.7. The van der Waals surface area contributed by atoms with Gasteiger partial charge in [-0.15, -0.1) is 11.3 Å². The lowest BCUT2D eigenvalue weighted by molar-refractivity contribution is -0.123. The van der Waals surface area contributed by atoms with Gasteiger partial charge in [0.15, 0.2) is 0 Å². The van der Waals surface area contributed by atoms with Crippen molar-refractivity contribution in [3.63, 3.8) is 0 Å². The third kappa shape index (κ3) is 5.51. The van der Waals surface area contributed by atoms with Crippen LogP contribution in [0.15, 0.2) is 64.9 Å². The van der Waals surface area contributed by atoms with Crippen molar-refractivity contribution in [2.24, 2.45) is 0 Å². The maximum atomic E-state index is 12.7. The van der Waals surface area contributed by atoms with E-state index < -0.39 is 0 Å². The topological polar surface area (TPSA) is 62.3 Å². The van der Waals surface area contributed by atoms with Gasteiger partial charge in [0.05, 0.1) is 15.6 Å². The molecule has 4 rings (SSSR count). The minimum Gasteiger partial charge on any atom is -0.352 e. The molecule has 0 spiro atoms. The number of nitrogens with one attached hydrogen (secondary N) is 1. The molecule has 8 heteroatoms. The van der Waals surface area contributed by atoms with Gasteiger partial charge in [0, 0.05) is 30.5 Å². The molecule has 0 aliphatic carbocycles. The molecule has 0 unspecified atom stereocenters. The molecule has 0 radical (unpaired) electrons. The SMILES string of the molecule is Cc1nc(-c2ccc(CNC(=O)CCN3C(=O)/C(=C/c4ccccc4)SC3=S)cc2)cs1. The highest BCUT2D eigenvalue weighted by Gasteiger charge is 2.32. The average Bonchev–Trinajstić information content (AvgIpc) is 3.35. The second kappa shape index (κ2) is 10.2. The van der Waals surface area contributed by atoms with Crippen LogP contribution in [0.3, 0.4) is 0 Å². The van der Waals surface area contributed by atoms with Crippen molar-refractivity contribution in [3.05, 3.63) is 81.0 Å². The zero-order chi connectivity index (χ0) is 22.5. The predicted octanol–water partition coefficient (Wildman–Crippen LogP) is 5.03. The fraction of sp³-hybridized carbons (Fsp3) is 0.167. The van der Waals surface area contributed by atoms with Gasteiger partial charge in [0.2, 0.25) is 5.91 Å². The molecular formula is C24H21N3O2S3. The van der Waals surface area contributed by atoms with Crippen molar-refractivity contribution in [1.29, 1.82) is 0 Å². The van der Waals surface area contributed by atoms with Crippen LogP contribution in [0.4, 0.5) is 0 Å². The number of thiocarbonyl (C=S) groups is 1. The predicted molar refractivity (Wildman–Crippen MR) is 135 cm³/mol. The summed E-state index contributed by atoms with van der Waals surface area (Å²) in [7, 11) is 0. The van der Waals surface area contributed by atoms with E-state index in [1.807, 2.05) is 73.0 Å². The summed E-state index contributed by atoms with van der Waals surface area (Å²) >= 11 is 8.25. The molecule has 5 nitrogen and oxygen atoms in total. The van der Waals surface area contributed by atoms with Gasteiger partial charge in [0.25, 0.3) is 5.91 Å². The number of carbonyl (C=O) groups is 2. The van der Waals surface area contributed by atoms with E-state index in [2.05, 4.69) is 10.3 Å². The van der Waals surface area contributed by atoms with Crippen LogP contribution in [-0.4, -0.2) is 32.6 Å². The lowest BCUT2D eigenvalue weighted by atomic mass is 10.1. The Labute approximate surface area is 200 Å². The van der Waals surface area contributed by atoms with Crippen LogP contribution >= 0.6 is 35.3 Å². The lowest BCUT2D eigenvalue weighted by Gasteiger charge is -2.14. The summed E-state index contributed by atoms with van der Waals surface area (Å²) in [5.41, 5.74) is 3.97. The fourth-order valence-corrected chi connectivity index (χ4v) is 5.12. The number of rotatable bonds is 7. The Morgan fingerprint density at radius 3 is 2.59 bits per heavy atom. The van der Waals surface area contributed by atoms with Crippen LogP contribution in [0.2, 0.25) is 0 Å². The van der Waals surface area contributed by atoms with Crippen LogP contribution < -0.4 is 5.32 Å². The normalized spacial score (nSPS) is 14.9. The van der Waals surface area contributed by atoms with Crippen LogP contribution in [0.1, 0.15) is 22.6 Å². The molecule has 162 valence electrons. The minimum absolute atomic E-state index is 0.120. The number of hydrogen-bond donors (Lipinski definition) is 1. The highest BCUT2D eigenvalue weighted by Crippen LogP contribution is 2.32. The maximum Gasteiger partial charge on any atom is 0.266 e. The van der Waals surface area contributed by atoms with E-state index in [0.29, 0.717) is 15.8 Å². The van der Waals surface area contributed by atoms with Crippen LogP contribution in [0, 0.1) is 6.92 Å². The summed E-state index contributed by atoms with van der Waals surface area (Å²) < 4.78 is 0.484. The summed E-state index contributed by atoms with van der Waals surface area (Å²) in [4.78, 5) is 31.6. The van der Waals surface area contributed by atoms with E-state index in [0.717, 1.165) is 27.4 Å². The minimum atomic E-state index is -0.149. The summed E-state index contributed by atoms with van der Waals surface area (Å²) in [5.74, 6) is -0.269. The van der Waals surface area contributed by atoms with Crippen molar-refractivity contribution in [3.8, 4) is 11.3 Å². The Hall–Kier alpha value is -2.81. The molecule has 0 saturated carbocycles. The first-order valence-electron chi connectivity index (χ1n) is 10.1. The number of aryl methyl sites for hydroxylation is 1. The first-order valence-corrected chi connectivity index (χ1v) is 12.2. The summed E-state index contributed by atoms with van der Waals surface area (Å²) in [5, 5.41) is 5.98. The molecule has 0 atom stereocenters. The number of amides is 2. The molecule has 1 aromatic heterocycles. The van der Waals surface area contributed by atoms with Gasteiger partial charge in [-0.1, -0.05) is 78.6 Å². The molecule has 2 amide bonds. The number of carbonyl (C=O) groups excluding carboxylic acids is 2. The Morgan fingerprint density at radius 1 is 1.16 bits per heavy atom. The quantitative estimate of drug-likeness (QED) is 0.381. The van der Waals surface area contributed by atoms with Gasteiger partial charge in [0.1, 0.15) is 4.32 Å². The second-order valence-electron chi connectivity index (χ2n) is 7.22. The van der Waals surface area contributed by atoms with E-state index in [1.165, 1.54) is 16.7 Å². The Bertz CT molecular complexity index is 1170. The molecule has 1 saturated heterocycles. The van der Waals surface area contributed by atoms with Gasteiger partial charge in [-0.25, -0.2) is 4.98 Å². The molecule has 1 fully saturated rings. The third-order valence-corrected chi connectivity index (χ3v) is 7.04. The smallest absolute Gasteiger partial charge is 0.266 e. The van der Waals surface area contributed by atoms with Crippen LogP contribution in [0.25, 0.3) is 17.3 Å². The molecule has 2 aromatic carbocycles. The summed E-state index contributed by atoms with van der Waals surface area (Å²) in [6.45, 7) is 2.69. The number of benzene rings is 2. The Balaban J connectivity index is 1.27. The summed E-state index contributed by atoms with van der Waals surface area (Å²) in [6, 6.07) is 17.6. The fourth-order valence-electron chi connectivity index (χ4n) is 3.19. The molecule has 0 bridgehead atoms. The lowest BCUT2D eigenvalue weighted by Crippen LogP contribution is -2.33. The van der Waals surface area contributed by atoms with Crippen molar-refractivity contribution in [2.75, 3.05) is 6.54 Å². The molecule has 32 heavy (non-hydrogen) atoms. The number of aromatic nitrogens is 1. The van der Waals surface area contributed by atoms with E-state index in [4.69, 9.17) is 12.2 Å². The van der Waals surface area contributed by atoms with Gasteiger partial charge >= 0.3 is 0 Å². The largest absolute Gasteiger partial charge is 0.352 e. The summed E-state index contributed by atoms with van der Waals surface area (Å²) in [6.07, 6.45) is 2.03. The molecule has 1 N–H and O–H groups in total. The molecule has 3 aromatic rings. The van der Waals surface area contributed by atoms with E-state index in [1.54, 1.807) is 11.3 Å². The number of nitrogens with zero attached hydrogens (tertiary/aromatic N) is 2. The van der Waals surface area contributed by atoms with Gasteiger partial charge in [-0.05, 0) is 24.1 Å². The van der Waals surface area contributed by atoms with Gasteiger partial charge < -0.3 is 5.32 Å². The zero-order valence-electron chi connectivity index (χ0n) is 17.4. The van der Waals surface area contributed by atoms with Crippen molar-refractivity contribution in [1.82, 2.24) is 15.2 Å². The van der Waals surface area contributed by atoms with Crippen LogP contribution in [-0.2, 0) is 16.1 Å². The Morgan fingerprint density at radius 2 is 1.91 bits per heavy atom. The molecule has 2 heterocycles. The van der Waals surface area contributed by atoms with E-state index in [-0.39, 0.29) is 24.8 Å². The van der Waals surface area contributed by atoms with Gasteiger partial charge in [-0.3, -0.25) is 14.5 Å². The highest BCUT2D eigenvalue weighted by atomic mass is 32.2. The third-order valence-electron chi connectivity index (χ3n) is 4.89. The zero-order valence-corrected chi connectivity index (χ0v) is 19.9. The van der Waals surface area contributed by atoms with Gasteiger partial charge in [-0.2, -0.15) is 0 Å². The van der Waals surface area contributed by atoms with E-state index >= 15 is 0 Å². The van der Waals surface area contributed by atoms with Crippen molar-refractivity contribution < 1.29 is 9.59 Å². The molecular weight excluding hydrogens is 458 g/mol. The first kappa shape index (κ1) is 22.4.